The molecule has 0 aliphatic rings. The summed E-state index contributed by atoms with van der Waals surface area (Å²) in [5, 5.41) is 11.3. The molecule has 0 aliphatic heterocycles. The zero-order valence-electron chi connectivity index (χ0n) is 9.40. The van der Waals surface area contributed by atoms with Crippen molar-refractivity contribution in [1.82, 2.24) is 0 Å². The smallest absolute Gasteiger partial charge is 0.394 e. The van der Waals surface area contributed by atoms with Crippen LogP contribution >= 0.6 is 0 Å². The van der Waals surface area contributed by atoms with Crippen LogP contribution in [0.5, 0.6) is 0 Å². The maximum absolute atomic E-state index is 12.5. The number of para-hydroxylation sites is 1. The second-order valence-corrected chi connectivity index (χ2v) is 5.58. The molecule has 0 fully saturated rings. The minimum atomic E-state index is -5.41. The first kappa shape index (κ1) is 14.8. The summed E-state index contributed by atoms with van der Waals surface area (Å²) in [6, 6.07) is 4.13. The number of rotatable bonds is 4. The maximum atomic E-state index is 12.5. The van der Waals surface area contributed by atoms with E-state index in [1.165, 1.54) is 25.1 Å². The lowest BCUT2D eigenvalue weighted by atomic mass is 10.3. The van der Waals surface area contributed by atoms with Gasteiger partial charge in [0.25, 0.3) is 9.84 Å². The average molecular weight is 283 g/mol. The van der Waals surface area contributed by atoms with Crippen LogP contribution in [-0.4, -0.2) is 31.7 Å². The van der Waals surface area contributed by atoms with Gasteiger partial charge in [0, 0.05) is 6.04 Å². The van der Waals surface area contributed by atoms with E-state index in [2.05, 4.69) is 5.32 Å². The Labute approximate surface area is 102 Å². The minimum absolute atomic E-state index is 0.184. The Morgan fingerprint density at radius 1 is 1.33 bits per heavy atom. The van der Waals surface area contributed by atoms with Gasteiger partial charge < -0.3 is 10.4 Å². The molecule has 0 aromatic heterocycles. The van der Waals surface area contributed by atoms with Crippen molar-refractivity contribution >= 4 is 15.5 Å². The standard InChI is InChI=1S/C10H12F3NO3S/c1-7(6-15)14-8-4-2-3-5-9(8)18(16,17)10(11,12)13/h2-5,7,14-15H,6H2,1H3. The largest absolute Gasteiger partial charge is 0.501 e. The molecule has 0 spiro atoms. The average Bonchev–Trinajstić information content (AvgIpc) is 2.28. The zero-order chi connectivity index (χ0) is 14.0. The Morgan fingerprint density at radius 3 is 2.39 bits per heavy atom. The molecular weight excluding hydrogens is 271 g/mol. The van der Waals surface area contributed by atoms with Crippen LogP contribution in [0.25, 0.3) is 0 Å². The maximum Gasteiger partial charge on any atom is 0.501 e. The van der Waals surface area contributed by atoms with Crippen LogP contribution in [0.2, 0.25) is 0 Å². The molecule has 1 aromatic rings. The zero-order valence-corrected chi connectivity index (χ0v) is 10.2. The molecule has 0 heterocycles. The Bertz CT molecular complexity index is 513. The number of sulfone groups is 1. The van der Waals surface area contributed by atoms with E-state index in [1.54, 1.807) is 0 Å². The van der Waals surface area contributed by atoms with Gasteiger partial charge in [-0.1, -0.05) is 12.1 Å². The number of halogens is 3. The van der Waals surface area contributed by atoms with Gasteiger partial charge in [-0.3, -0.25) is 0 Å². The Hall–Kier alpha value is -1.28. The molecule has 0 saturated heterocycles. The predicted molar refractivity (Wildman–Crippen MR) is 59.9 cm³/mol. The lowest BCUT2D eigenvalue weighted by Gasteiger charge is -2.17. The van der Waals surface area contributed by atoms with E-state index in [0.29, 0.717) is 0 Å². The van der Waals surface area contributed by atoms with Crippen LogP contribution < -0.4 is 5.32 Å². The van der Waals surface area contributed by atoms with Crippen LogP contribution in [-0.2, 0) is 9.84 Å². The molecule has 1 aromatic carbocycles. The van der Waals surface area contributed by atoms with Crippen molar-refractivity contribution in [2.45, 2.75) is 23.4 Å². The number of hydrogen-bond acceptors (Lipinski definition) is 4. The van der Waals surface area contributed by atoms with Crippen molar-refractivity contribution in [2.75, 3.05) is 11.9 Å². The van der Waals surface area contributed by atoms with E-state index in [0.717, 1.165) is 6.07 Å². The van der Waals surface area contributed by atoms with Gasteiger partial charge >= 0.3 is 5.51 Å². The van der Waals surface area contributed by atoms with E-state index in [4.69, 9.17) is 5.11 Å². The van der Waals surface area contributed by atoms with Gasteiger partial charge in [-0.25, -0.2) is 8.42 Å². The summed E-state index contributed by atoms with van der Waals surface area (Å²) >= 11 is 0. The van der Waals surface area contributed by atoms with E-state index in [1.807, 2.05) is 0 Å². The summed E-state index contributed by atoms with van der Waals surface area (Å²) in [6.07, 6.45) is 0. The number of benzene rings is 1. The molecule has 0 amide bonds. The first-order chi connectivity index (χ1) is 8.20. The van der Waals surface area contributed by atoms with Gasteiger partial charge in [0.15, 0.2) is 0 Å². The topological polar surface area (TPSA) is 66.4 Å². The van der Waals surface area contributed by atoms with Gasteiger partial charge in [-0.2, -0.15) is 13.2 Å². The first-order valence-electron chi connectivity index (χ1n) is 4.98. The van der Waals surface area contributed by atoms with Crippen LogP contribution in [0.1, 0.15) is 6.92 Å². The molecule has 0 bridgehead atoms. The van der Waals surface area contributed by atoms with Crippen molar-refractivity contribution in [1.29, 1.82) is 0 Å². The second-order valence-electron chi connectivity index (χ2n) is 3.67. The highest BCUT2D eigenvalue weighted by Crippen LogP contribution is 2.34. The number of nitrogens with one attached hydrogen (secondary N) is 1. The molecule has 18 heavy (non-hydrogen) atoms. The molecule has 1 atom stereocenters. The fourth-order valence-electron chi connectivity index (χ4n) is 1.26. The van der Waals surface area contributed by atoms with Gasteiger partial charge in [0.2, 0.25) is 0 Å². The van der Waals surface area contributed by atoms with Crippen molar-refractivity contribution in [2.24, 2.45) is 0 Å². The lowest BCUT2D eigenvalue weighted by Crippen LogP contribution is -2.26. The highest BCUT2D eigenvalue weighted by atomic mass is 32.2. The third-order valence-electron chi connectivity index (χ3n) is 2.16. The van der Waals surface area contributed by atoms with Gasteiger partial charge in [-0.15, -0.1) is 0 Å². The number of aliphatic hydroxyl groups is 1. The third kappa shape index (κ3) is 2.94. The normalized spacial score (nSPS) is 14.3. The van der Waals surface area contributed by atoms with Gasteiger partial charge in [-0.05, 0) is 19.1 Å². The Kier molecular flexibility index (Phi) is 4.23. The quantitative estimate of drug-likeness (QED) is 0.884. The molecule has 1 rings (SSSR count). The summed E-state index contributed by atoms with van der Waals surface area (Å²) in [7, 11) is -5.41. The van der Waals surface area contributed by atoms with Crippen molar-refractivity contribution in [3.05, 3.63) is 24.3 Å². The Morgan fingerprint density at radius 2 is 1.89 bits per heavy atom. The van der Waals surface area contributed by atoms with Crippen molar-refractivity contribution in [3.8, 4) is 0 Å². The van der Waals surface area contributed by atoms with Crippen LogP contribution in [0.4, 0.5) is 18.9 Å². The minimum Gasteiger partial charge on any atom is -0.394 e. The summed E-state index contributed by atoms with van der Waals surface area (Å²) in [4.78, 5) is -0.849. The van der Waals surface area contributed by atoms with Crippen LogP contribution in [0, 0.1) is 0 Å². The van der Waals surface area contributed by atoms with Crippen molar-refractivity contribution in [3.63, 3.8) is 0 Å². The molecule has 1 unspecified atom stereocenters. The lowest BCUT2D eigenvalue weighted by molar-refractivity contribution is -0.0435. The molecule has 8 heteroatoms. The van der Waals surface area contributed by atoms with Crippen LogP contribution in [0.15, 0.2) is 29.2 Å². The van der Waals surface area contributed by atoms with E-state index in [9.17, 15) is 21.6 Å². The predicted octanol–water partition coefficient (Wildman–Crippen LogP) is 1.77. The molecular formula is C10H12F3NO3S. The molecule has 0 aliphatic carbocycles. The second kappa shape index (κ2) is 5.15. The Balaban J connectivity index is 3.26. The number of hydrogen-bond donors (Lipinski definition) is 2. The summed E-state index contributed by atoms with van der Waals surface area (Å²) < 4.78 is 60.0. The molecule has 2 N–H and O–H groups in total. The fourth-order valence-corrected chi connectivity index (χ4v) is 2.18. The number of aliphatic hydroxyl groups excluding tert-OH is 1. The summed E-state index contributed by atoms with van der Waals surface area (Å²) in [5.41, 5.74) is -5.54. The van der Waals surface area contributed by atoms with E-state index in [-0.39, 0.29) is 12.3 Å². The van der Waals surface area contributed by atoms with Gasteiger partial charge in [0.05, 0.1) is 17.2 Å². The molecule has 0 saturated carbocycles. The summed E-state index contributed by atoms with van der Waals surface area (Å²) in [5.74, 6) is 0. The molecule has 0 radical (unpaired) electrons. The van der Waals surface area contributed by atoms with Crippen molar-refractivity contribution < 1.29 is 26.7 Å². The van der Waals surface area contributed by atoms with Gasteiger partial charge in [0.1, 0.15) is 0 Å². The van der Waals surface area contributed by atoms with Crippen LogP contribution in [0.3, 0.4) is 0 Å². The SMILES string of the molecule is CC(CO)Nc1ccccc1S(=O)(=O)C(F)(F)F. The first-order valence-corrected chi connectivity index (χ1v) is 6.46. The monoisotopic (exact) mass is 283 g/mol. The van der Waals surface area contributed by atoms with E-state index >= 15 is 0 Å². The third-order valence-corrected chi connectivity index (χ3v) is 3.70. The summed E-state index contributed by atoms with van der Waals surface area (Å²) in [6.45, 7) is 1.18. The fraction of sp³-hybridized carbons (Fsp3) is 0.400. The molecule has 4 nitrogen and oxygen atoms in total. The highest BCUT2D eigenvalue weighted by molar-refractivity contribution is 7.92. The number of alkyl halides is 3. The highest BCUT2D eigenvalue weighted by Gasteiger charge is 2.47. The number of anilines is 1. The molecule has 102 valence electrons. The van der Waals surface area contributed by atoms with E-state index < -0.39 is 26.3 Å².